The van der Waals surface area contributed by atoms with Gasteiger partial charge in [-0.1, -0.05) is 43.2 Å². The summed E-state index contributed by atoms with van der Waals surface area (Å²) >= 11 is 0. The molecule has 0 aliphatic heterocycles. The summed E-state index contributed by atoms with van der Waals surface area (Å²) in [6, 6.07) is 12.4. The summed E-state index contributed by atoms with van der Waals surface area (Å²) in [5.41, 5.74) is 1.18. The van der Waals surface area contributed by atoms with Gasteiger partial charge in [-0.25, -0.2) is 0 Å². The Hall–Kier alpha value is -1.98. The molecule has 0 aliphatic rings. The van der Waals surface area contributed by atoms with Crippen LogP contribution in [0.25, 0.3) is 10.8 Å². The number of terminal acetylenes is 1. The van der Waals surface area contributed by atoms with Gasteiger partial charge < -0.3 is 10.1 Å². The van der Waals surface area contributed by atoms with Crippen LogP contribution >= 0.6 is 0 Å². The second kappa shape index (κ2) is 6.82. The Morgan fingerprint density at radius 3 is 2.84 bits per heavy atom. The predicted octanol–water partition coefficient (Wildman–Crippen LogP) is 3.35. The summed E-state index contributed by atoms with van der Waals surface area (Å²) in [6.45, 7) is 4.26. The van der Waals surface area contributed by atoms with Gasteiger partial charge in [0.1, 0.15) is 12.4 Å². The van der Waals surface area contributed by atoms with Gasteiger partial charge in [0.25, 0.3) is 0 Å². The van der Waals surface area contributed by atoms with E-state index in [-0.39, 0.29) is 0 Å². The third kappa shape index (κ3) is 3.27. The average molecular weight is 253 g/mol. The highest BCUT2D eigenvalue weighted by Crippen LogP contribution is 2.28. The van der Waals surface area contributed by atoms with E-state index >= 15 is 0 Å². The van der Waals surface area contributed by atoms with E-state index in [2.05, 4.69) is 42.4 Å². The first-order chi connectivity index (χ1) is 9.36. The molecular weight excluding hydrogens is 234 g/mol. The quantitative estimate of drug-likeness (QED) is 0.629. The highest BCUT2D eigenvalue weighted by Gasteiger charge is 2.08. The van der Waals surface area contributed by atoms with Gasteiger partial charge in [0, 0.05) is 12.1 Å². The van der Waals surface area contributed by atoms with Gasteiger partial charge in [0.15, 0.2) is 0 Å². The Bertz CT molecular complexity index is 583. The molecule has 19 heavy (non-hydrogen) atoms. The van der Waals surface area contributed by atoms with Crippen molar-refractivity contribution in [1.82, 2.24) is 5.32 Å². The SMILES string of the molecule is C#CCOc1ccc2ccccc2c1CNCCC. The van der Waals surface area contributed by atoms with Crippen LogP contribution in [0.2, 0.25) is 0 Å². The molecule has 0 amide bonds. The van der Waals surface area contributed by atoms with E-state index in [0.717, 1.165) is 25.3 Å². The molecule has 2 aromatic rings. The summed E-state index contributed by atoms with van der Waals surface area (Å²) in [6.07, 6.45) is 6.39. The van der Waals surface area contributed by atoms with E-state index in [1.165, 1.54) is 16.3 Å². The van der Waals surface area contributed by atoms with E-state index in [1.807, 2.05) is 12.1 Å². The van der Waals surface area contributed by atoms with Crippen LogP contribution in [0, 0.1) is 12.3 Å². The predicted molar refractivity (Wildman–Crippen MR) is 80.3 cm³/mol. The minimum absolute atomic E-state index is 0.305. The van der Waals surface area contributed by atoms with Crippen LogP contribution < -0.4 is 10.1 Å². The van der Waals surface area contributed by atoms with Gasteiger partial charge >= 0.3 is 0 Å². The summed E-state index contributed by atoms with van der Waals surface area (Å²) < 4.78 is 5.65. The highest BCUT2D eigenvalue weighted by molar-refractivity contribution is 5.87. The lowest BCUT2D eigenvalue weighted by Crippen LogP contribution is -2.15. The maximum atomic E-state index is 5.65. The molecule has 0 saturated carbocycles. The maximum absolute atomic E-state index is 5.65. The van der Waals surface area contributed by atoms with Crippen molar-refractivity contribution >= 4 is 10.8 Å². The summed E-state index contributed by atoms with van der Waals surface area (Å²) in [7, 11) is 0. The van der Waals surface area contributed by atoms with Crippen LogP contribution in [0.4, 0.5) is 0 Å². The Morgan fingerprint density at radius 1 is 1.21 bits per heavy atom. The van der Waals surface area contributed by atoms with Crippen molar-refractivity contribution in [3.05, 3.63) is 42.0 Å². The molecule has 2 nitrogen and oxygen atoms in total. The Morgan fingerprint density at radius 2 is 2.05 bits per heavy atom. The molecule has 2 heteroatoms. The fourth-order valence-electron chi connectivity index (χ4n) is 2.14. The minimum atomic E-state index is 0.305. The van der Waals surface area contributed by atoms with Gasteiger partial charge in [-0.3, -0.25) is 0 Å². The van der Waals surface area contributed by atoms with Crippen molar-refractivity contribution in [2.45, 2.75) is 19.9 Å². The van der Waals surface area contributed by atoms with Crippen molar-refractivity contribution in [1.29, 1.82) is 0 Å². The van der Waals surface area contributed by atoms with Gasteiger partial charge in [0.05, 0.1) is 0 Å². The number of nitrogens with one attached hydrogen (secondary N) is 1. The first kappa shape index (κ1) is 13.5. The van der Waals surface area contributed by atoms with E-state index < -0.39 is 0 Å². The van der Waals surface area contributed by atoms with E-state index in [1.54, 1.807) is 0 Å². The van der Waals surface area contributed by atoms with Crippen molar-refractivity contribution in [3.8, 4) is 18.1 Å². The molecule has 0 fully saturated rings. The van der Waals surface area contributed by atoms with Crippen LogP contribution in [-0.2, 0) is 6.54 Å². The van der Waals surface area contributed by atoms with Crippen LogP contribution in [0.15, 0.2) is 36.4 Å². The number of benzene rings is 2. The van der Waals surface area contributed by atoms with Crippen molar-refractivity contribution < 1.29 is 4.74 Å². The summed E-state index contributed by atoms with van der Waals surface area (Å²) in [4.78, 5) is 0. The number of fused-ring (bicyclic) bond motifs is 1. The fraction of sp³-hybridized carbons (Fsp3) is 0.294. The van der Waals surface area contributed by atoms with Gasteiger partial charge in [-0.15, -0.1) is 6.42 Å². The third-order valence-electron chi connectivity index (χ3n) is 3.04. The smallest absolute Gasteiger partial charge is 0.148 e. The molecule has 1 N–H and O–H groups in total. The zero-order valence-electron chi connectivity index (χ0n) is 11.3. The summed E-state index contributed by atoms with van der Waals surface area (Å²) in [5.74, 6) is 3.39. The Labute approximate surface area is 114 Å². The first-order valence-electron chi connectivity index (χ1n) is 6.64. The molecule has 98 valence electrons. The second-order valence-electron chi connectivity index (χ2n) is 4.43. The molecule has 0 spiro atoms. The zero-order chi connectivity index (χ0) is 13.5. The summed E-state index contributed by atoms with van der Waals surface area (Å²) in [5, 5.41) is 5.88. The molecule has 0 aliphatic carbocycles. The molecule has 0 aromatic heterocycles. The van der Waals surface area contributed by atoms with E-state index in [9.17, 15) is 0 Å². The van der Waals surface area contributed by atoms with Crippen LogP contribution in [0.3, 0.4) is 0 Å². The first-order valence-corrected chi connectivity index (χ1v) is 6.64. The molecule has 0 heterocycles. The topological polar surface area (TPSA) is 21.3 Å². The molecule has 0 unspecified atom stereocenters. The van der Waals surface area contributed by atoms with Crippen LogP contribution in [0.1, 0.15) is 18.9 Å². The number of rotatable bonds is 6. The van der Waals surface area contributed by atoms with Crippen LogP contribution in [-0.4, -0.2) is 13.2 Å². The largest absolute Gasteiger partial charge is 0.481 e. The fourth-order valence-corrected chi connectivity index (χ4v) is 2.14. The number of hydrogen-bond acceptors (Lipinski definition) is 2. The molecule has 2 rings (SSSR count). The molecule has 0 saturated heterocycles. The lowest BCUT2D eigenvalue weighted by atomic mass is 10.0. The molecule has 2 aromatic carbocycles. The van der Waals surface area contributed by atoms with Crippen molar-refractivity contribution in [2.24, 2.45) is 0 Å². The monoisotopic (exact) mass is 253 g/mol. The third-order valence-corrected chi connectivity index (χ3v) is 3.04. The van der Waals surface area contributed by atoms with E-state index in [0.29, 0.717) is 6.61 Å². The second-order valence-corrected chi connectivity index (χ2v) is 4.43. The highest BCUT2D eigenvalue weighted by atomic mass is 16.5. The number of ether oxygens (including phenoxy) is 1. The maximum Gasteiger partial charge on any atom is 0.148 e. The Kier molecular flexibility index (Phi) is 4.83. The lowest BCUT2D eigenvalue weighted by molar-refractivity contribution is 0.365. The van der Waals surface area contributed by atoms with Crippen molar-refractivity contribution in [2.75, 3.05) is 13.2 Å². The molecular formula is C17H19NO. The normalized spacial score (nSPS) is 10.3. The van der Waals surface area contributed by atoms with Gasteiger partial charge in [-0.05, 0) is 29.8 Å². The van der Waals surface area contributed by atoms with E-state index in [4.69, 9.17) is 11.2 Å². The molecule has 0 bridgehead atoms. The van der Waals surface area contributed by atoms with Crippen LogP contribution in [0.5, 0.6) is 5.75 Å². The Balaban J connectivity index is 2.36. The molecule has 0 atom stereocenters. The number of hydrogen-bond donors (Lipinski definition) is 1. The minimum Gasteiger partial charge on any atom is -0.481 e. The standard InChI is InChI=1S/C17H19NO/c1-3-11-18-13-16-15-8-6-5-7-14(15)9-10-17(16)19-12-4-2/h2,5-10,18H,3,11-13H2,1H3. The van der Waals surface area contributed by atoms with Crippen molar-refractivity contribution in [3.63, 3.8) is 0 Å². The molecule has 0 radical (unpaired) electrons. The van der Waals surface area contributed by atoms with Gasteiger partial charge in [0.2, 0.25) is 0 Å². The van der Waals surface area contributed by atoms with Gasteiger partial charge in [-0.2, -0.15) is 0 Å². The zero-order valence-corrected chi connectivity index (χ0v) is 11.3. The average Bonchev–Trinajstić information content (AvgIpc) is 2.46. The lowest BCUT2D eigenvalue weighted by Gasteiger charge is -2.13.